The molecule has 0 unspecified atom stereocenters. The van der Waals surface area contributed by atoms with Crippen LogP contribution in [0.4, 0.5) is 11.4 Å². The predicted octanol–water partition coefficient (Wildman–Crippen LogP) is 6.16. The second-order valence-corrected chi connectivity index (χ2v) is 9.31. The minimum absolute atomic E-state index is 0.0474. The summed E-state index contributed by atoms with van der Waals surface area (Å²) in [7, 11) is 0. The van der Waals surface area contributed by atoms with Crippen molar-refractivity contribution >= 4 is 72.1 Å². The molecule has 1 amide bonds. The van der Waals surface area contributed by atoms with Crippen molar-refractivity contribution in [1.82, 2.24) is 10.3 Å². The molecule has 4 rings (SSSR count). The highest BCUT2D eigenvalue weighted by molar-refractivity contribution is 9.10. The Balaban J connectivity index is 1.55. The largest absolute Gasteiger partial charge is 0.487 e. The van der Waals surface area contributed by atoms with Crippen molar-refractivity contribution in [3.8, 4) is 16.3 Å². The number of nitro groups is 1. The van der Waals surface area contributed by atoms with E-state index in [9.17, 15) is 14.9 Å². The van der Waals surface area contributed by atoms with Crippen molar-refractivity contribution in [2.45, 2.75) is 6.92 Å². The van der Waals surface area contributed by atoms with Crippen LogP contribution in [-0.4, -0.2) is 27.5 Å². The van der Waals surface area contributed by atoms with E-state index in [0.29, 0.717) is 5.69 Å². The van der Waals surface area contributed by atoms with Crippen molar-refractivity contribution in [2.24, 2.45) is 0 Å². The fraction of sp³-hybridized carbons (Fsp3) is 0.0870. The van der Waals surface area contributed by atoms with Crippen LogP contribution in [0.3, 0.4) is 0 Å². The zero-order chi connectivity index (χ0) is 24.2. The van der Waals surface area contributed by atoms with Crippen LogP contribution in [0.2, 0.25) is 0 Å². The van der Waals surface area contributed by atoms with E-state index in [2.05, 4.69) is 26.6 Å². The molecule has 0 fully saturated rings. The molecule has 0 saturated carbocycles. The van der Waals surface area contributed by atoms with Gasteiger partial charge in [-0.3, -0.25) is 20.2 Å². The van der Waals surface area contributed by atoms with Gasteiger partial charge in [0.25, 0.3) is 5.91 Å². The maximum absolute atomic E-state index is 12.7. The maximum atomic E-state index is 12.7. The summed E-state index contributed by atoms with van der Waals surface area (Å²) in [5, 5.41) is 17.8. The number of thiocarbonyl (C=S) groups is 1. The highest BCUT2D eigenvalue weighted by Gasteiger charge is 2.20. The lowest BCUT2D eigenvalue weighted by Gasteiger charge is -2.13. The second kappa shape index (κ2) is 10.2. The van der Waals surface area contributed by atoms with Crippen molar-refractivity contribution in [3.63, 3.8) is 0 Å². The Bertz CT molecular complexity index is 1390. The van der Waals surface area contributed by atoms with Gasteiger partial charge in [0.1, 0.15) is 5.01 Å². The van der Waals surface area contributed by atoms with Crippen molar-refractivity contribution in [1.29, 1.82) is 0 Å². The third kappa shape index (κ3) is 5.22. The Kier molecular flexibility index (Phi) is 7.15. The summed E-state index contributed by atoms with van der Waals surface area (Å²) >= 11 is 10.4. The maximum Gasteiger partial charge on any atom is 0.311 e. The quantitative estimate of drug-likeness (QED) is 0.166. The second-order valence-electron chi connectivity index (χ2n) is 6.96. The first-order chi connectivity index (χ1) is 16.4. The number of anilines is 1. The Morgan fingerprint density at radius 2 is 2.00 bits per heavy atom. The number of hydrogen-bond acceptors (Lipinski definition) is 7. The number of nitrogens with one attached hydrogen (secondary N) is 2. The van der Waals surface area contributed by atoms with Gasteiger partial charge in [0.15, 0.2) is 10.9 Å². The molecule has 2 N–H and O–H groups in total. The van der Waals surface area contributed by atoms with Crippen molar-refractivity contribution in [3.05, 3.63) is 80.8 Å². The molecule has 3 aromatic carbocycles. The molecule has 0 bridgehead atoms. The van der Waals surface area contributed by atoms with Gasteiger partial charge in [0.05, 0.1) is 27.4 Å². The van der Waals surface area contributed by atoms with E-state index < -0.39 is 10.8 Å². The summed E-state index contributed by atoms with van der Waals surface area (Å²) in [4.78, 5) is 28.2. The van der Waals surface area contributed by atoms with Gasteiger partial charge in [-0.05, 0) is 61.6 Å². The average molecular weight is 557 g/mol. The smallest absolute Gasteiger partial charge is 0.311 e. The first-order valence-electron chi connectivity index (χ1n) is 10.0. The summed E-state index contributed by atoms with van der Waals surface area (Å²) in [5.41, 5.74) is 2.15. The van der Waals surface area contributed by atoms with Gasteiger partial charge < -0.3 is 10.1 Å². The molecule has 0 saturated heterocycles. The number of nitrogens with zero attached hydrogens (tertiary/aromatic N) is 2. The number of carbonyl (C=O) groups is 1. The Hall–Kier alpha value is -3.41. The molecule has 0 aliphatic carbocycles. The first-order valence-corrected chi connectivity index (χ1v) is 12.1. The van der Waals surface area contributed by atoms with Gasteiger partial charge in [-0.15, -0.1) is 11.3 Å². The number of thiazole rings is 1. The molecule has 0 atom stereocenters. The van der Waals surface area contributed by atoms with Crippen LogP contribution in [-0.2, 0) is 0 Å². The van der Waals surface area contributed by atoms with Gasteiger partial charge in [-0.25, -0.2) is 4.98 Å². The number of fused-ring (bicyclic) bond motifs is 1. The number of amides is 1. The minimum Gasteiger partial charge on any atom is -0.487 e. The lowest BCUT2D eigenvalue weighted by atomic mass is 10.1. The molecule has 1 aromatic heterocycles. The van der Waals surface area contributed by atoms with Crippen LogP contribution in [0.25, 0.3) is 20.8 Å². The van der Waals surface area contributed by atoms with E-state index in [1.54, 1.807) is 18.3 Å². The standard InChI is InChI=1S/C23H17BrN4O4S2/c1-2-32-19-10-7-13(11-18(19)28(30)31)21(29)27-23(33)26-16-9-8-14(24)12-15(16)22-25-17-5-3-4-6-20(17)34-22/h3-12H,2H2,1H3,(H2,26,27,29,33). The van der Waals surface area contributed by atoms with Crippen molar-refractivity contribution < 1.29 is 14.5 Å². The summed E-state index contributed by atoms with van der Waals surface area (Å²) < 4.78 is 7.18. The number of nitro benzene ring substituents is 1. The van der Waals surface area contributed by atoms with E-state index in [1.807, 2.05) is 42.5 Å². The van der Waals surface area contributed by atoms with Crippen LogP contribution in [0, 0.1) is 10.1 Å². The van der Waals surface area contributed by atoms with Crippen molar-refractivity contribution in [2.75, 3.05) is 11.9 Å². The zero-order valence-corrected chi connectivity index (χ0v) is 20.9. The first kappa shape index (κ1) is 23.7. The number of hydrogen-bond donors (Lipinski definition) is 2. The molecule has 11 heteroatoms. The molecule has 8 nitrogen and oxygen atoms in total. The Morgan fingerprint density at radius 3 is 2.74 bits per heavy atom. The van der Waals surface area contributed by atoms with Gasteiger partial charge in [-0.1, -0.05) is 28.1 Å². The number of aromatic nitrogens is 1. The highest BCUT2D eigenvalue weighted by atomic mass is 79.9. The molecular formula is C23H17BrN4O4S2. The van der Waals surface area contributed by atoms with E-state index in [4.69, 9.17) is 21.9 Å². The van der Waals surface area contributed by atoms with Gasteiger partial charge >= 0.3 is 5.69 Å². The third-order valence-electron chi connectivity index (χ3n) is 4.70. The molecule has 0 spiro atoms. The fourth-order valence-corrected chi connectivity index (χ4v) is 4.76. The van der Waals surface area contributed by atoms with Crippen LogP contribution in [0.15, 0.2) is 65.1 Å². The number of para-hydroxylation sites is 1. The average Bonchev–Trinajstić information content (AvgIpc) is 3.24. The van der Waals surface area contributed by atoms with Crippen LogP contribution in [0.1, 0.15) is 17.3 Å². The normalized spacial score (nSPS) is 10.6. The summed E-state index contributed by atoms with van der Waals surface area (Å²) in [6.07, 6.45) is 0. The van der Waals surface area contributed by atoms with E-state index in [-0.39, 0.29) is 28.7 Å². The molecule has 34 heavy (non-hydrogen) atoms. The van der Waals surface area contributed by atoms with Gasteiger partial charge in [-0.2, -0.15) is 0 Å². The Labute approximate surface area is 212 Å². The number of carbonyl (C=O) groups excluding carboxylic acids is 1. The SMILES string of the molecule is CCOc1ccc(C(=O)NC(=S)Nc2ccc(Br)cc2-c2nc3ccccc3s2)cc1[N+](=O)[O-]. The lowest BCUT2D eigenvalue weighted by molar-refractivity contribution is -0.385. The predicted molar refractivity (Wildman–Crippen MR) is 141 cm³/mol. The summed E-state index contributed by atoms with van der Waals surface area (Å²) in [6.45, 7) is 1.99. The molecule has 0 radical (unpaired) electrons. The lowest BCUT2D eigenvalue weighted by Crippen LogP contribution is -2.34. The third-order valence-corrected chi connectivity index (χ3v) is 6.47. The summed E-state index contributed by atoms with van der Waals surface area (Å²) in [5.74, 6) is -0.484. The van der Waals surface area contributed by atoms with Gasteiger partial charge in [0, 0.05) is 21.7 Å². The molecule has 0 aliphatic heterocycles. The van der Waals surface area contributed by atoms with E-state index in [1.165, 1.54) is 12.1 Å². The number of rotatable bonds is 6. The molecule has 4 aromatic rings. The van der Waals surface area contributed by atoms with E-state index in [0.717, 1.165) is 31.3 Å². The fourth-order valence-electron chi connectivity index (χ4n) is 3.20. The summed E-state index contributed by atoms with van der Waals surface area (Å²) in [6, 6.07) is 17.4. The monoisotopic (exact) mass is 556 g/mol. The number of benzene rings is 3. The number of ether oxygens (including phenoxy) is 1. The minimum atomic E-state index is -0.593. The van der Waals surface area contributed by atoms with Crippen LogP contribution < -0.4 is 15.4 Å². The molecule has 1 heterocycles. The van der Waals surface area contributed by atoms with Crippen LogP contribution >= 0.6 is 39.5 Å². The topological polar surface area (TPSA) is 106 Å². The van der Waals surface area contributed by atoms with Crippen LogP contribution in [0.5, 0.6) is 5.75 Å². The Morgan fingerprint density at radius 1 is 1.21 bits per heavy atom. The zero-order valence-electron chi connectivity index (χ0n) is 17.7. The molecular weight excluding hydrogens is 540 g/mol. The highest BCUT2D eigenvalue weighted by Crippen LogP contribution is 2.36. The number of halogens is 1. The molecule has 0 aliphatic rings. The van der Waals surface area contributed by atoms with Gasteiger partial charge in [0.2, 0.25) is 0 Å². The molecule has 172 valence electrons. The van der Waals surface area contributed by atoms with E-state index >= 15 is 0 Å².